The molecule has 6 fully saturated rings. The summed E-state index contributed by atoms with van der Waals surface area (Å²) in [6.07, 6.45) is 33.3. The van der Waals surface area contributed by atoms with Crippen LogP contribution in [0.5, 0.6) is 0 Å². The van der Waals surface area contributed by atoms with E-state index in [1.165, 1.54) is 17.5 Å². The first-order valence-corrected chi connectivity index (χ1v) is 44.5. The summed E-state index contributed by atoms with van der Waals surface area (Å²) in [6, 6.07) is 81.3. The minimum absolute atomic E-state index is 0.00123. The third-order valence-corrected chi connectivity index (χ3v) is 30.0. The molecule has 12 nitrogen and oxygen atoms in total. The maximum atomic E-state index is 15.0. The van der Waals surface area contributed by atoms with Gasteiger partial charge in [-0.2, -0.15) is 0 Å². The van der Waals surface area contributed by atoms with Crippen LogP contribution in [0.4, 0.5) is 0 Å². The third-order valence-electron chi connectivity index (χ3n) is 30.0. The van der Waals surface area contributed by atoms with Crippen molar-refractivity contribution in [2.75, 3.05) is 0 Å². The lowest BCUT2D eigenvalue weighted by Gasteiger charge is -2.60. The van der Waals surface area contributed by atoms with Crippen molar-refractivity contribution < 1.29 is 19.1 Å². The molecule has 4 aliphatic heterocycles. The molecule has 6 saturated carbocycles. The number of H-pyrrole nitrogens is 4. The molecule has 16 bridgehead atoms. The first-order chi connectivity index (χ1) is 59.5. The number of carbonyl (C=O) groups is 2. The van der Waals surface area contributed by atoms with E-state index in [0.29, 0.717) is 23.7 Å². The van der Waals surface area contributed by atoms with Crippen LogP contribution in [0.3, 0.4) is 0 Å². The summed E-state index contributed by atoms with van der Waals surface area (Å²) in [6.45, 7) is 5.09. The van der Waals surface area contributed by atoms with Gasteiger partial charge in [-0.25, -0.2) is 19.9 Å². The van der Waals surface area contributed by atoms with E-state index in [4.69, 9.17) is 29.4 Å². The summed E-state index contributed by atoms with van der Waals surface area (Å²) < 4.78 is 13.7. The molecule has 121 heavy (non-hydrogen) atoms. The summed E-state index contributed by atoms with van der Waals surface area (Å²) in [7, 11) is 0. The number of aromatic amines is 4. The molecule has 8 atom stereocenters. The van der Waals surface area contributed by atoms with Crippen LogP contribution in [0.2, 0.25) is 0 Å². The predicted octanol–water partition coefficient (Wildman–Crippen LogP) is 26.7. The lowest BCUT2D eigenvalue weighted by molar-refractivity contribution is -0.174. The number of benzene rings is 6. The second-order valence-electron chi connectivity index (χ2n) is 36.4. The highest BCUT2D eigenvalue weighted by Gasteiger charge is 2.62. The fourth-order valence-corrected chi connectivity index (χ4v) is 24.0. The highest BCUT2D eigenvalue weighted by atomic mass is 16.5. The summed E-state index contributed by atoms with van der Waals surface area (Å²) in [5.74, 6) is 2.21. The van der Waals surface area contributed by atoms with E-state index in [-0.39, 0.29) is 58.6 Å². The second-order valence-corrected chi connectivity index (χ2v) is 36.4. The zero-order valence-corrected chi connectivity index (χ0v) is 68.8. The van der Waals surface area contributed by atoms with Gasteiger partial charge in [-0.15, -0.1) is 0 Å². The Balaban J connectivity index is 0.486. The SMILES string of the molecule is C[C@]12CC[C@H](OC(=O)C3CCC(c4c5nc(c(-c6ccccc6)c6ccc([nH]6)c(-c6ccccc6)c6nc(c(-c7ccccc7)c7ccc4[nH]7)C=C6)C=C5)CC3)C[C@@H]1CC[C@@H]1[C@@H]2CC[C@]2(C)[C@H](OC(=O)C3CCC(c4c5nc(c(-c6ccccc6)c6ccc([nH]6)c(-c6ccccc6)c6nc(c(-c7ccccc7)c7ccc4[nH]7)C=C6)C=C5)CC3)CC[C@@H]12. The molecule has 600 valence electrons. The number of carbonyl (C=O) groups excluding carboxylic acids is 2. The molecule has 4 N–H and O–H groups in total. The van der Waals surface area contributed by atoms with Crippen LogP contribution in [0.1, 0.15) is 192 Å². The molecule has 0 amide bonds. The molecule has 0 spiro atoms. The predicted molar refractivity (Wildman–Crippen MR) is 491 cm³/mol. The number of ether oxygens (including phenoxy) is 2. The Morgan fingerprint density at radius 3 is 0.950 bits per heavy atom. The maximum Gasteiger partial charge on any atom is 0.309 e. The average Bonchev–Trinajstić information content (AvgIpc) is 1.70. The lowest BCUT2D eigenvalue weighted by atomic mass is 9.45. The topological polar surface area (TPSA) is 167 Å². The van der Waals surface area contributed by atoms with E-state index < -0.39 is 0 Å². The fourth-order valence-electron chi connectivity index (χ4n) is 24.0. The van der Waals surface area contributed by atoms with Crippen molar-refractivity contribution in [3.05, 3.63) is 287 Å². The van der Waals surface area contributed by atoms with E-state index in [1.807, 2.05) is 0 Å². The van der Waals surface area contributed by atoms with Gasteiger partial charge in [-0.05, 0) is 281 Å². The van der Waals surface area contributed by atoms with Gasteiger partial charge in [0.2, 0.25) is 0 Å². The van der Waals surface area contributed by atoms with Gasteiger partial charge < -0.3 is 29.4 Å². The normalized spacial score (nSPS) is 24.5. The van der Waals surface area contributed by atoms with Crippen LogP contribution in [0.25, 0.3) is 160 Å². The maximum absolute atomic E-state index is 15.0. The van der Waals surface area contributed by atoms with Crippen molar-refractivity contribution in [1.82, 2.24) is 39.9 Å². The molecule has 10 aliphatic rings. The van der Waals surface area contributed by atoms with Crippen molar-refractivity contribution >= 4 is 105 Å². The van der Waals surface area contributed by atoms with E-state index in [1.54, 1.807) is 0 Å². The van der Waals surface area contributed by atoms with E-state index in [2.05, 4.69) is 313 Å². The van der Waals surface area contributed by atoms with Gasteiger partial charge in [0.15, 0.2) is 0 Å². The van der Waals surface area contributed by atoms with Crippen LogP contribution in [0.15, 0.2) is 231 Å². The Kier molecular flexibility index (Phi) is 19.1. The number of nitrogens with one attached hydrogen (secondary N) is 4. The van der Waals surface area contributed by atoms with Gasteiger partial charge in [0.1, 0.15) is 12.2 Å². The summed E-state index contributed by atoms with van der Waals surface area (Å²) in [4.78, 5) is 67.7. The second kappa shape index (κ2) is 30.9. The Morgan fingerprint density at radius 1 is 0.298 bits per heavy atom. The fraction of sp³-hybridized carbons (Fsp3) is 0.284. The average molecular weight is 1590 g/mol. The van der Waals surface area contributed by atoms with Gasteiger partial charge in [-0.1, -0.05) is 196 Å². The molecule has 12 heteroatoms. The molecule has 12 aromatic rings. The van der Waals surface area contributed by atoms with Gasteiger partial charge in [0.25, 0.3) is 0 Å². The zero-order chi connectivity index (χ0) is 80.9. The molecular weight excluding hydrogens is 1490 g/mol. The van der Waals surface area contributed by atoms with Gasteiger partial charge in [0, 0.05) is 94.1 Å². The lowest BCUT2D eigenvalue weighted by Crippen LogP contribution is -2.55. The quantitative estimate of drug-likeness (QED) is 0.0877. The summed E-state index contributed by atoms with van der Waals surface area (Å²) >= 11 is 0. The molecule has 0 saturated heterocycles. The molecule has 6 aromatic heterocycles. The van der Waals surface area contributed by atoms with Crippen molar-refractivity contribution in [3.8, 4) is 66.8 Å². The first-order valence-electron chi connectivity index (χ1n) is 44.5. The Bertz CT molecular complexity index is 6460. The van der Waals surface area contributed by atoms with E-state index in [0.717, 1.165) is 259 Å². The molecule has 0 unspecified atom stereocenters. The molecule has 6 aliphatic carbocycles. The summed E-state index contributed by atoms with van der Waals surface area (Å²) in [5.41, 5.74) is 30.3. The molecule has 22 rings (SSSR count). The van der Waals surface area contributed by atoms with E-state index >= 15 is 0 Å². The minimum atomic E-state index is -0.160. The first kappa shape index (κ1) is 74.7. The number of esters is 2. The largest absolute Gasteiger partial charge is 0.462 e. The number of hydrogen-bond acceptors (Lipinski definition) is 8. The van der Waals surface area contributed by atoms with Crippen LogP contribution in [-0.4, -0.2) is 64.0 Å². The zero-order valence-electron chi connectivity index (χ0n) is 68.8. The number of rotatable bonds is 12. The van der Waals surface area contributed by atoms with E-state index in [9.17, 15) is 9.59 Å². The molecule has 6 aromatic carbocycles. The van der Waals surface area contributed by atoms with Crippen molar-refractivity contribution in [2.45, 2.75) is 147 Å². The monoisotopic (exact) mass is 1580 g/mol. The van der Waals surface area contributed by atoms with Crippen LogP contribution >= 0.6 is 0 Å². The highest BCUT2D eigenvalue weighted by molar-refractivity contribution is 6.01. The Labute approximate surface area is 706 Å². The number of hydrogen-bond donors (Lipinski definition) is 4. The van der Waals surface area contributed by atoms with Crippen LogP contribution < -0.4 is 0 Å². The number of fused-ring (bicyclic) bond motifs is 21. The van der Waals surface area contributed by atoms with Gasteiger partial charge in [-0.3, -0.25) is 9.59 Å². The van der Waals surface area contributed by atoms with Crippen molar-refractivity contribution in [1.29, 1.82) is 0 Å². The Morgan fingerprint density at radius 2 is 0.595 bits per heavy atom. The van der Waals surface area contributed by atoms with Crippen LogP contribution in [-0.2, 0) is 19.1 Å². The molecule has 0 radical (unpaired) electrons. The smallest absolute Gasteiger partial charge is 0.309 e. The van der Waals surface area contributed by atoms with Crippen molar-refractivity contribution in [2.24, 2.45) is 46.3 Å². The number of aromatic nitrogens is 8. The van der Waals surface area contributed by atoms with Crippen molar-refractivity contribution in [3.63, 3.8) is 0 Å². The van der Waals surface area contributed by atoms with Gasteiger partial charge in [0.05, 0.1) is 57.4 Å². The van der Waals surface area contributed by atoms with Gasteiger partial charge >= 0.3 is 11.9 Å². The molecular formula is C109H100N8O4. The third kappa shape index (κ3) is 13.5. The summed E-state index contributed by atoms with van der Waals surface area (Å²) in [5, 5.41) is 0. The number of nitrogens with zero attached hydrogens (tertiary/aromatic N) is 4. The standard InChI is InChI=1S/C109H100N8O4/c1-108-63-61-77(120-106(118)74-37-33-72(34-38-74)104-93-56-52-89(114-93)100(68-25-13-5-14-26-68)85-48-44-81(110-85)98(66-21-9-3-10-22-66)82-45-49-86(111-82)101(69-27-15-6-16-28-69)90-53-57-94(104)115-90)65-76(108)41-42-78-79-43-60-97(109(79,2)64-62-80(78)108)121-107(119)75-39-35-73(36-40-75)105-95-58-54-91(116-95)102(70-29-17-7-18-30-70)87-50-46-83(112-87)99(67-23-11-4-12-24-67)84-47-51-88(113-84)103(71-31-19-8-20-32-71)92-55-59-96(105)117-92/h3-32,44-59,72-80,97,110,112,115,117H,33-43,60-65H2,1-2H3/t72?,73?,74?,75?,76-,77-,78-,79-,80-,97+,108-,109-/m0/s1. The van der Waals surface area contributed by atoms with Crippen LogP contribution in [0, 0.1) is 46.3 Å². The molecule has 10 heterocycles. The minimum Gasteiger partial charge on any atom is -0.462 e. The Hall–Kier alpha value is -12.5. The highest BCUT2D eigenvalue weighted by Crippen LogP contribution is 2.67.